The summed E-state index contributed by atoms with van der Waals surface area (Å²) in [6.45, 7) is 6.13. The molecule has 17 heavy (non-hydrogen) atoms. The number of aliphatic hydroxyl groups is 1. The first kappa shape index (κ1) is 12.1. The van der Waals surface area contributed by atoms with Crippen molar-refractivity contribution in [2.75, 3.05) is 11.5 Å². The molecule has 1 aromatic carbocycles. The van der Waals surface area contributed by atoms with Crippen LogP contribution in [-0.2, 0) is 4.79 Å². The SMILES string of the molecule is Cc1ccc(C)c(N2C(=O)CC(CO)C2C)c1. The van der Waals surface area contributed by atoms with E-state index in [0.717, 1.165) is 16.8 Å². The first-order valence-corrected chi connectivity index (χ1v) is 6.04. The highest BCUT2D eigenvalue weighted by atomic mass is 16.3. The predicted molar refractivity (Wildman–Crippen MR) is 68.1 cm³/mol. The Bertz CT molecular complexity index is 442. The molecule has 2 rings (SSSR count). The molecule has 0 bridgehead atoms. The number of anilines is 1. The average Bonchev–Trinajstić information content (AvgIpc) is 2.58. The van der Waals surface area contributed by atoms with Gasteiger partial charge in [-0.1, -0.05) is 12.1 Å². The molecule has 0 aliphatic carbocycles. The number of hydrogen-bond donors (Lipinski definition) is 1. The smallest absolute Gasteiger partial charge is 0.227 e. The van der Waals surface area contributed by atoms with Crippen LogP contribution in [0.15, 0.2) is 18.2 Å². The Hall–Kier alpha value is -1.35. The van der Waals surface area contributed by atoms with E-state index in [1.165, 1.54) is 0 Å². The number of nitrogens with zero attached hydrogens (tertiary/aromatic N) is 1. The third-order valence-electron chi connectivity index (χ3n) is 3.65. The molecule has 0 radical (unpaired) electrons. The number of amides is 1. The summed E-state index contributed by atoms with van der Waals surface area (Å²) < 4.78 is 0. The van der Waals surface area contributed by atoms with Gasteiger partial charge >= 0.3 is 0 Å². The van der Waals surface area contributed by atoms with Crippen molar-refractivity contribution in [3.63, 3.8) is 0 Å². The van der Waals surface area contributed by atoms with Gasteiger partial charge in [-0.2, -0.15) is 0 Å². The van der Waals surface area contributed by atoms with E-state index in [0.29, 0.717) is 6.42 Å². The molecule has 1 aliphatic rings. The maximum Gasteiger partial charge on any atom is 0.227 e. The van der Waals surface area contributed by atoms with Gasteiger partial charge in [-0.15, -0.1) is 0 Å². The van der Waals surface area contributed by atoms with Crippen LogP contribution in [0, 0.1) is 19.8 Å². The molecule has 1 amide bonds. The molecular formula is C14H19NO2. The molecule has 2 atom stereocenters. The van der Waals surface area contributed by atoms with Gasteiger partial charge in [0.25, 0.3) is 0 Å². The predicted octanol–water partition coefficient (Wildman–Crippen LogP) is 2.04. The summed E-state index contributed by atoms with van der Waals surface area (Å²) >= 11 is 0. The van der Waals surface area contributed by atoms with Crippen LogP contribution in [-0.4, -0.2) is 23.7 Å². The molecule has 0 aromatic heterocycles. The van der Waals surface area contributed by atoms with Crippen LogP contribution < -0.4 is 4.90 Å². The second-order valence-electron chi connectivity index (χ2n) is 4.94. The lowest BCUT2D eigenvalue weighted by Gasteiger charge is -2.26. The quantitative estimate of drug-likeness (QED) is 0.849. The summed E-state index contributed by atoms with van der Waals surface area (Å²) in [5.41, 5.74) is 3.24. The van der Waals surface area contributed by atoms with E-state index in [1.807, 2.05) is 43.9 Å². The minimum absolute atomic E-state index is 0.0578. The fourth-order valence-electron chi connectivity index (χ4n) is 2.48. The van der Waals surface area contributed by atoms with Gasteiger partial charge in [0.05, 0.1) is 0 Å². The number of aryl methyl sites for hydroxylation is 2. The lowest BCUT2D eigenvalue weighted by molar-refractivity contribution is -0.117. The Morgan fingerprint density at radius 3 is 2.71 bits per heavy atom. The molecule has 0 saturated carbocycles. The van der Waals surface area contributed by atoms with Gasteiger partial charge < -0.3 is 10.0 Å². The number of hydrogen-bond acceptors (Lipinski definition) is 2. The minimum Gasteiger partial charge on any atom is -0.396 e. The van der Waals surface area contributed by atoms with Crippen molar-refractivity contribution in [3.05, 3.63) is 29.3 Å². The molecule has 92 valence electrons. The lowest BCUT2D eigenvalue weighted by Crippen LogP contribution is -2.34. The molecule has 1 fully saturated rings. The zero-order valence-electron chi connectivity index (χ0n) is 10.6. The van der Waals surface area contributed by atoms with Crippen LogP contribution in [0.3, 0.4) is 0 Å². The van der Waals surface area contributed by atoms with Crippen molar-refractivity contribution in [1.29, 1.82) is 0 Å². The Morgan fingerprint density at radius 2 is 2.12 bits per heavy atom. The summed E-state index contributed by atoms with van der Waals surface area (Å²) in [4.78, 5) is 13.9. The monoisotopic (exact) mass is 233 g/mol. The molecule has 1 aliphatic heterocycles. The molecular weight excluding hydrogens is 214 g/mol. The van der Waals surface area contributed by atoms with E-state index in [1.54, 1.807) is 0 Å². The maximum atomic E-state index is 12.0. The Balaban J connectivity index is 2.39. The maximum absolute atomic E-state index is 12.0. The third-order valence-corrected chi connectivity index (χ3v) is 3.65. The fourth-order valence-corrected chi connectivity index (χ4v) is 2.48. The van der Waals surface area contributed by atoms with Crippen LogP contribution in [0.2, 0.25) is 0 Å². The molecule has 1 aromatic rings. The zero-order chi connectivity index (χ0) is 12.6. The number of carbonyl (C=O) groups excluding carboxylic acids is 1. The van der Waals surface area contributed by atoms with E-state index < -0.39 is 0 Å². The molecule has 0 spiro atoms. The summed E-state index contributed by atoms with van der Waals surface area (Å²) in [6, 6.07) is 6.21. The number of carbonyl (C=O) groups is 1. The molecule has 3 heteroatoms. The van der Waals surface area contributed by atoms with Crippen LogP contribution in [0.4, 0.5) is 5.69 Å². The van der Waals surface area contributed by atoms with Crippen molar-refractivity contribution in [3.8, 4) is 0 Å². The van der Waals surface area contributed by atoms with E-state index >= 15 is 0 Å². The van der Waals surface area contributed by atoms with E-state index in [2.05, 4.69) is 0 Å². The van der Waals surface area contributed by atoms with Gasteiger partial charge in [-0.05, 0) is 38.0 Å². The normalized spacial score (nSPS) is 24.5. The van der Waals surface area contributed by atoms with E-state index in [4.69, 9.17) is 0 Å². The third kappa shape index (κ3) is 2.07. The van der Waals surface area contributed by atoms with Gasteiger partial charge in [0.2, 0.25) is 5.91 Å². The van der Waals surface area contributed by atoms with E-state index in [9.17, 15) is 9.90 Å². The second-order valence-corrected chi connectivity index (χ2v) is 4.94. The van der Waals surface area contributed by atoms with Gasteiger partial charge in [0.15, 0.2) is 0 Å². The summed E-state index contributed by atoms with van der Waals surface area (Å²) in [7, 11) is 0. The van der Waals surface area contributed by atoms with Crippen LogP contribution in [0.25, 0.3) is 0 Å². The zero-order valence-corrected chi connectivity index (χ0v) is 10.6. The number of rotatable bonds is 2. The molecule has 1 N–H and O–H groups in total. The van der Waals surface area contributed by atoms with Crippen molar-refractivity contribution in [2.45, 2.75) is 33.2 Å². The highest BCUT2D eigenvalue weighted by Gasteiger charge is 2.37. The molecule has 2 unspecified atom stereocenters. The number of benzene rings is 1. The largest absolute Gasteiger partial charge is 0.396 e. The summed E-state index contributed by atoms with van der Waals surface area (Å²) in [5, 5.41) is 9.26. The Labute approximate surface area is 102 Å². The average molecular weight is 233 g/mol. The second kappa shape index (κ2) is 4.49. The topological polar surface area (TPSA) is 40.5 Å². The summed E-state index contributed by atoms with van der Waals surface area (Å²) in [5.74, 6) is 0.174. The van der Waals surface area contributed by atoms with Crippen molar-refractivity contribution >= 4 is 11.6 Å². The number of aliphatic hydroxyl groups excluding tert-OH is 1. The molecule has 1 saturated heterocycles. The minimum atomic E-state index is 0.0578. The first-order valence-electron chi connectivity index (χ1n) is 6.04. The van der Waals surface area contributed by atoms with Crippen LogP contribution in [0.5, 0.6) is 0 Å². The summed E-state index contributed by atoms with van der Waals surface area (Å²) in [6.07, 6.45) is 0.449. The lowest BCUT2D eigenvalue weighted by atomic mass is 10.0. The van der Waals surface area contributed by atoms with Crippen LogP contribution >= 0.6 is 0 Å². The van der Waals surface area contributed by atoms with Crippen LogP contribution in [0.1, 0.15) is 24.5 Å². The Morgan fingerprint density at radius 1 is 1.41 bits per heavy atom. The van der Waals surface area contributed by atoms with Gasteiger partial charge in [-0.3, -0.25) is 4.79 Å². The van der Waals surface area contributed by atoms with Crippen molar-refractivity contribution in [2.24, 2.45) is 5.92 Å². The highest BCUT2D eigenvalue weighted by molar-refractivity contribution is 5.97. The van der Waals surface area contributed by atoms with Gasteiger partial charge in [-0.25, -0.2) is 0 Å². The first-order chi connectivity index (χ1) is 8.04. The fraction of sp³-hybridized carbons (Fsp3) is 0.500. The van der Waals surface area contributed by atoms with E-state index in [-0.39, 0.29) is 24.5 Å². The Kier molecular flexibility index (Phi) is 3.20. The van der Waals surface area contributed by atoms with Crippen molar-refractivity contribution in [1.82, 2.24) is 0 Å². The van der Waals surface area contributed by atoms with Gasteiger partial charge in [0.1, 0.15) is 0 Å². The van der Waals surface area contributed by atoms with Gasteiger partial charge in [0, 0.05) is 30.7 Å². The molecule has 3 nitrogen and oxygen atoms in total. The standard InChI is InChI=1S/C14H19NO2/c1-9-4-5-10(2)13(6-9)15-11(3)12(8-16)7-14(15)17/h4-6,11-12,16H,7-8H2,1-3H3. The highest BCUT2D eigenvalue weighted by Crippen LogP contribution is 2.33. The molecule has 1 heterocycles. The van der Waals surface area contributed by atoms with Crippen molar-refractivity contribution < 1.29 is 9.90 Å².